The zero-order valence-corrected chi connectivity index (χ0v) is 14.6. The van der Waals surface area contributed by atoms with Crippen LogP contribution >= 0.6 is 0 Å². The maximum Gasteiger partial charge on any atom is 0.274 e. The van der Waals surface area contributed by atoms with Gasteiger partial charge in [-0.25, -0.2) is 0 Å². The third kappa shape index (κ3) is 3.66. The van der Waals surface area contributed by atoms with E-state index < -0.39 is 0 Å². The van der Waals surface area contributed by atoms with Crippen LogP contribution in [0.4, 0.5) is 0 Å². The van der Waals surface area contributed by atoms with E-state index >= 15 is 0 Å². The summed E-state index contributed by atoms with van der Waals surface area (Å²) < 4.78 is 2.01. The van der Waals surface area contributed by atoms with E-state index in [1.54, 1.807) is 0 Å². The zero-order chi connectivity index (χ0) is 16.4. The number of carbonyl (C=O) groups is 1. The van der Waals surface area contributed by atoms with Gasteiger partial charge in [-0.05, 0) is 57.1 Å². The number of nitrogens with zero attached hydrogens (tertiary/aromatic N) is 3. The van der Waals surface area contributed by atoms with Crippen LogP contribution in [0.1, 0.15) is 74.3 Å². The Labute approximate surface area is 144 Å². The fourth-order valence-corrected chi connectivity index (χ4v) is 4.29. The fraction of sp³-hybridized carbons (Fsp3) is 0.789. The van der Waals surface area contributed by atoms with Crippen molar-refractivity contribution in [2.45, 2.75) is 69.9 Å². The maximum atomic E-state index is 13.0. The number of piperidine rings is 1. The number of aromatic nitrogens is 2. The lowest BCUT2D eigenvalue weighted by Crippen LogP contribution is -2.38. The van der Waals surface area contributed by atoms with Crippen molar-refractivity contribution in [2.24, 2.45) is 5.92 Å². The minimum absolute atomic E-state index is 0.158. The van der Waals surface area contributed by atoms with Gasteiger partial charge < -0.3 is 10.2 Å². The van der Waals surface area contributed by atoms with Crippen LogP contribution in [0.3, 0.4) is 0 Å². The van der Waals surface area contributed by atoms with Crippen LogP contribution in [0.5, 0.6) is 0 Å². The second kappa shape index (κ2) is 7.26. The third-order valence-electron chi connectivity index (χ3n) is 5.90. The van der Waals surface area contributed by atoms with E-state index in [9.17, 15) is 4.79 Å². The Hall–Kier alpha value is -1.36. The van der Waals surface area contributed by atoms with Gasteiger partial charge in [-0.3, -0.25) is 9.48 Å². The highest BCUT2D eigenvalue weighted by molar-refractivity contribution is 5.92. The molecule has 1 unspecified atom stereocenters. The Morgan fingerprint density at radius 3 is 2.71 bits per heavy atom. The van der Waals surface area contributed by atoms with E-state index in [2.05, 4.69) is 15.3 Å². The first-order chi connectivity index (χ1) is 11.8. The van der Waals surface area contributed by atoms with Crippen molar-refractivity contribution in [3.8, 4) is 0 Å². The van der Waals surface area contributed by atoms with E-state index in [1.165, 1.54) is 51.4 Å². The molecule has 1 aromatic heterocycles. The molecule has 3 aliphatic rings. The second-order valence-electron chi connectivity index (χ2n) is 7.87. The summed E-state index contributed by atoms with van der Waals surface area (Å²) in [7, 11) is 0. The molecule has 24 heavy (non-hydrogen) atoms. The Morgan fingerprint density at radius 2 is 2.00 bits per heavy atom. The van der Waals surface area contributed by atoms with E-state index in [-0.39, 0.29) is 5.91 Å². The zero-order valence-electron chi connectivity index (χ0n) is 14.6. The Morgan fingerprint density at radius 1 is 1.17 bits per heavy atom. The van der Waals surface area contributed by atoms with Gasteiger partial charge in [0.15, 0.2) is 0 Å². The van der Waals surface area contributed by atoms with Crippen LogP contribution in [-0.2, 0) is 0 Å². The van der Waals surface area contributed by atoms with E-state index in [1.807, 2.05) is 16.9 Å². The Bertz CT molecular complexity index is 553. The molecule has 4 rings (SSSR count). The molecule has 0 bridgehead atoms. The van der Waals surface area contributed by atoms with Crippen LogP contribution < -0.4 is 5.32 Å². The lowest BCUT2D eigenvalue weighted by Gasteiger charge is -2.29. The van der Waals surface area contributed by atoms with E-state index in [0.29, 0.717) is 23.7 Å². The highest BCUT2D eigenvalue weighted by atomic mass is 16.2. The van der Waals surface area contributed by atoms with Gasteiger partial charge in [-0.1, -0.05) is 19.3 Å². The fourth-order valence-electron chi connectivity index (χ4n) is 4.29. The predicted molar refractivity (Wildman–Crippen MR) is 94.0 cm³/mol. The highest BCUT2D eigenvalue weighted by Gasteiger charge is 2.35. The first kappa shape index (κ1) is 16.1. The Balaban J connectivity index is 1.43. The van der Waals surface area contributed by atoms with Crippen molar-refractivity contribution in [1.82, 2.24) is 20.0 Å². The largest absolute Gasteiger partial charge is 0.334 e. The van der Waals surface area contributed by atoms with Crippen LogP contribution in [0, 0.1) is 5.92 Å². The topological polar surface area (TPSA) is 50.2 Å². The van der Waals surface area contributed by atoms with Gasteiger partial charge in [-0.2, -0.15) is 5.10 Å². The summed E-state index contributed by atoms with van der Waals surface area (Å²) in [6, 6.07) is 2.79. The molecule has 1 amide bonds. The molecule has 1 atom stereocenters. The van der Waals surface area contributed by atoms with Gasteiger partial charge >= 0.3 is 0 Å². The molecule has 0 radical (unpaired) electrons. The monoisotopic (exact) mass is 330 g/mol. The number of amides is 1. The number of rotatable bonds is 5. The molecule has 2 heterocycles. The number of carbonyl (C=O) groups excluding carboxylic acids is 1. The van der Waals surface area contributed by atoms with Crippen LogP contribution in [-0.4, -0.2) is 46.3 Å². The number of hydrogen-bond acceptors (Lipinski definition) is 3. The van der Waals surface area contributed by atoms with Gasteiger partial charge in [0.25, 0.3) is 5.91 Å². The van der Waals surface area contributed by atoms with Gasteiger partial charge in [0.1, 0.15) is 5.69 Å². The summed E-state index contributed by atoms with van der Waals surface area (Å²) in [6.07, 6.45) is 13.3. The average molecular weight is 330 g/mol. The summed E-state index contributed by atoms with van der Waals surface area (Å²) in [5.74, 6) is 0.860. The van der Waals surface area contributed by atoms with Crippen LogP contribution in [0.15, 0.2) is 12.3 Å². The van der Waals surface area contributed by atoms with E-state index in [4.69, 9.17) is 0 Å². The van der Waals surface area contributed by atoms with Crippen molar-refractivity contribution >= 4 is 5.91 Å². The average Bonchev–Trinajstić information content (AvgIpc) is 3.36. The molecule has 132 valence electrons. The van der Waals surface area contributed by atoms with Crippen LogP contribution in [0.25, 0.3) is 0 Å². The number of hydrogen-bond donors (Lipinski definition) is 1. The minimum Gasteiger partial charge on any atom is -0.334 e. The van der Waals surface area contributed by atoms with Crippen molar-refractivity contribution < 1.29 is 4.79 Å². The standard InChI is InChI=1S/C19H30N4O/c24-19(18-10-12-23(21-18)17-7-4-11-20-13-17)22(16-8-9-16)14-15-5-2-1-3-6-15/h10,12,15-17,20H,1-9,11,13-14H2. The first-order valence-electron chi connectivity index (χ1n) is 9.88. The van der Waals surface area contributed by atoms with Crippen molar-refractivity contribution in [2.75, 3.05) is 19.6 Å². The molecular formula is C19H30N4O. The predicted octanol–water partition coefficient (Wildman–Crippen LogP) is 2.99. The summed E-state index contributed by atoms with van der Waals surface area (Å²) in [6.45, 7) is 3.01. The molecule has 1 N–H and O–H groups in total. The smallest absolute Gasteiger partial charge is 0.274 e. The summed E-state index contributed by atoms with van der Waals surface area (Å²) in [4.78, 5) is 15.2. The molecule has 3 fully saturated rings. The normalized spacial score (nSPS) is 25.6. The quantitative estimate of drug-likeness (QED) is 0.903. The lowest BCUT2D eigenvalue weighted by atomic mass is 9.89. The first-order valence-corrected chi connectivity index (χ1v) is 9.88. The summed E-state index contributed by atoms with van der Waals surface area (Å²) in [5, 5.41) is 8.06. The molecule has 1 aliphatic heterocycles. The molecule has 2 aliphatic carbocycles. The summed E-state index contributed by atoms with van der Waals surface area (Å²) in [5.41, 5.74) is 0.642. The number of nitrogens with one attached hydrogen (secondary N) is 1. The lowest BCUT2D eigenvalue weighted by molar-refractivity contribution is 0.0691. The maximum absolute atomic E-state index is 13.0. The Kier molecular flexibility index (Phi) is 4.88. The molecule has 1 saturated heterocycles. The van der Waals surface area contributed by atoms with Crippen LogP contribution in [0.2, 0.25) is 0 Å². The second-order valence-corrected chi connectivity index (χ2v) is 7.87. The molecule has 0 spiro atoms. The van der Waals surface area contributed by atoms with Gasteiger partial charge in [0.2, 0.25) is 0 Å². The van der Waals surface area contributed by atoms with Gasteiger partial charge in [0, 0.05) is 25.3 Å². The third-order valence-corrected chi connectivity index (χ3v) is 5.90. The molecule has 1 aromatic rings. The molecule has 5 nitrogen and oxygen atoms in total. The van der Waals surface area contributed by atoms with Gasteiger partial charge in [-0.15, -0.1) is 0 Å². The van der Waals surface area contributed by atoms with Crippen molar-refractivity contribution in [3.05, 3.63) is 18.0 Å². The van der Waals surface area contributed by atoms with Gasteiger partial charge in [0.05, 0.1) is 6.04 Å². The van der Waals surface area contributed by atoms with Crippen molar-refractivity contribution in [1.29, 1.82) is 0 Å². The van der Waals surface area contributed by atoms with E-state index in [0.717, 1.165) is 26.1 Å². The highest BCUT2D eigenvalue weighted by Crippen LogP contribution is 2.32. The molecule has 2 saturated carbocycles. The minimum atomic E-state index is 0.158. The SMILES string of the molecule is O=C(c1ccn(C2CCCNC2)n1)N(CC1CCCCC1)C1CC1. The molecule has 0 aromatic carbocycles. The molecular weight excluding hydrogens is 300 g/mol. The molecule has 5 heteroatoms. The van der Waals surface area contributed by atoms with Crippen molar-refractivity contribution in [3.63, 3.8) is 0 Å². The summed E-state index contributed by atoms with van der Waals surface area (Å²) >= 11 is 0.